The molecule has 0 fully saturated rings. The van der Waals surface area contributed by atoms with E-state index in [9.17, 15) is 4.39 Å². The van der Waals surface area contributed by atoms with Crippen LogP contribution in [0.3, 0.4) is 0 Å². The summed E-state index contributed by atoms with van der Waals surface area (Å²) in [5, 5.41) is 0.121. The third-order valence-corrected chi connectivity index (χ3v) is 2.15. The first-order valence-corrected chi connectivity index (χ1v) is 4.17. The van der Waals surface area contributed by atoms with Crippen molar-refractivity contribution in [3.8, 4) is 0 Å². The Hall–Kier alpha value is -1.09. The van der Waals surface area contributed by atoms with E-state index >= 15 is 0 Å². The fourth-order valence-electron chi connectivity index (χ4n) is 1.14. The van der Waals surface area contributed by atoms with Crippen molar-refractivity contribution >= 4 is 18.0 Å². The molecule has 1 heterocycles. The van der Waals surface area contributed by atoms with Gasteiger partial charge < -0.3 is 4.74 Å². The van der Waals surface area contributed by atoms with Crippen molar-refractivity contribution < 1.29 is 9.13 Å². The van der Waals surface area contributed by atoms with Crippen molar-refractivity contribution in [2.24, 2.45) is 4.99 Å². The van der Waals surface area contributed by atoms with Gasteiger partial charge >= 0.3 is 0 Å². The van der Waals surface area contributed by atoms with Crippen LogP contribution in [0.15, 0.2) is 23.2 Å². The van der Waals surface area contributed by atoms with Gasteiger partial charge in [0.25, 0.3) is 6.40 Å². The molecule has 0 saturated carbocycles. The molecule has 67 valence electrons. The summed E-state index contributed by atoms with van der Waals surface area (Å²) in [4.78, 5) is 3.89. The second-order valence-electron chi connectivity index (χ2n) is 2.72. The standard InChI is InChI=1S/C9H6ClFNO/c10-7-2-1-6(3-8(7)11)9-4-13-5-12-9/h1-3,9H,4H2. The fraction of sp³-hybridized carbons (Fsp3) is 0.222. The van der Waals surface area contributed by atoms with Crippen LogP contribution in [0.4, 0.5) is 4.39 Å². The number of hydrogen-bond acceptors (Lipinski definition) is 2. The van der Waals surface area contributed by atoms with E-state index in [4.69, 9.17) is 16.3 Å². The number of aliphatic imine (C=N–C) groups is 1. The van der Waals surface area contributed by atoms with Gasteiger partial charge in [0.05, 0.1) is 5.02 Å². The van der Waals surface area contributed by atoms with Crippen LogP contribution >= 0.6 is 11.6 Å². The van der Waals surface area contributed by atoms with E-state index in [0.29, 0.717) is 6.61 Å². The summed E-state index contributed by atoms with van der Waals surface area (Å²) in [6.45, 7) is 0.418. The third kappa shape index (κ3) is 1.65. The first kappa shape index (κ1) is 8.51. The quantitative estimate of drug-likeness (QED) is 0.679. The zero-order valence-electron chi connectivity index (χ0n) is 6.63. The SMILES string of the molecule is Fc1cc(C2CO[C]=N2)ccc1Cl. The Bertz CT molecular complexity index is 353. The lowest BCUT2D eigenvalue weighted by atomic mass is 10.1. The number of rotatable bonds is 1. The molecule has 1 aromatic rings. The lowest BCUT2D eigenvalue weighted by Crippen LogP contribution is -1.97. The van der Waals surface area contributed by atoms with Crippen LogP contribution in [0.1, 0.15) is 11.6 Å². The van der Waals surface area contributed by atoms with E-state index in [1.54, 1.807) is 6.07 Å². The molecule has 1 aromatic carbocycles. The van der Waals surface area contributed by atoms with Gasteiger partial charge in [0, 0.05) is 0 Å². The molecule has 0 aromatic heterocycles. The van der Waals surface area contributed by atoms with Crippen molar-refractivity contribution in [3.63, 3.8) is 0 Å². The summed E-state index contributed by atoms with van der Waals surface area (Å²) in [7, 11) is 0. The highest BCUT2D eigenvalue weighted by Crippen LogP contribution is 2.24. The molecular formula is C9H6ClFNO. The summed E-state index contributed by atoms with van der Waals surface area (Å²) in [5.41, 5.74) is 0.756. The van der Waals surface area contributed by atoms with Gasteiger partial charge in [0.1, 0.15) is 18.5 Å². The van der Waals surface area contributed by atoms with Crippen molar-refractivity contribution in [3.05, 3.63) is 34.6 Å². The molecular weight excluding hydrogens is 193 g/mol. The molecule has 1 unspecified atom stereocenters. The molecule has 1 radical (unpaired) electrons. The second-order valence-corrected chi connectivity index (χ2v) is 3.13. The second kappa shape index (κ2) is 3.34. The maximum atomic E-state index is 13.0. The largest absolute Gasteiger partial charge is 0.471 e. The predicted molar refractivity (Wildman–Crippen MR) is 47.5 cm³/mol. The molecule has 1 aliphatic heterocycles. The van der Waals surface area contributed by atoms with Gasteiger partial charge in [-0.2, -0.15) is 0 Å². The highest BCUT2D eigenvalue weighted by Gasteiger charge is 2.16. The highest BCUT2D eigenvalue weighted by atomic mass is 35.5. The average Bonchev–Trinajstić information content (AvgIpc) is 2.62. The summed E-state index contributed by atoms with van der Waals surface area (Å²) >= 11 is 5.53. The number of ether oxygens (including phenoxy) is 1. The van der Waals surface area contributed by atoms with Crippen molar-refractivity contribution in [1.82, 2.24) is 0 Å². The zero-order valence-corrected chi connectivity index (χ0v) is 7.38. The number of hydrogen-bond donors (Lipinski definition) is 0. The lowest BCUT2D eigenvalue weighted by Gasteiger charge is -2.05. The van der Waals surface area contributed by atoms with Crippen molar-refractivity contribution in [2.45, 2.75) is 6.04 Å². The minimum atomic E-state index is -0.429. The normalized spacial score (nSPS) is 20.3. The zero-order chi connectivity index (χ0) is 9.26. The Kier molecular flexibility index (Phi) is 2.19. The molecule has 13 heavy (non-hydrogen) atoms. The molecule has 0 N–H and O–H groups in total. The maximum absolute atomic E-state index is 13.0. The van der Waals surface area contributed by atoms with Crippen LogP contribution in [-0.4, -0.2) is 13.0 Å². The van der Waals surface area contributed by atoms with Crippen molar-refractivity contribution in [1.29, 1.82) is 0 Å². The molecule has 1 aliphatic rings. The number of benzene rings is 1. The minimum Gasteiger partial charge on any atom is -0.471 e. The average molecular weight is 199 g/mol. The summed E-state index contributed by atoms with van der Waals surface area (Å²) in [6, 6.07) is 4.47. The van der Waals surface area contributed by atoms with Crippen LogP contribution in [-0.2, 0) is 4.74 Å². The summed E-state index contributed by atoms with van der Waals surface area (Å²) in [6.07, 6.45) is 2.37. The monoisotopic (exact) mass is 198 g/mol. The number of halogens is 2. The summed E-state index contributed by atoms with van der Waals surface area (Å²) in [5.74, 6) is -0.429. The van der Waals surface area contributed by atoms with E-state index < -0.39 is 5.82 Å². The smallest absolute Gasteiger partial charge is 0.273 e. The highest BCUT2D eigenvalue weighted by molar-refractivity contribution is 6.30. The maximum Gasteiger partial charge on any atom is 0.273 e. The fourth-order valence-corrected chi connectivity index (χ4v) is 1.26. The van der Waals surface area contributed by atoms with Crippen molar-refractivity contribution in [2.75, 3.05) is 6.61 Å². The van der Waals surface area contributed by atoms with E-state index in [-0.39, 0.29) is 11.1 Å². The van der Waals surface area contributed by atoms with Gasteiger partial charge in [-0.25, -0.2) is 9.38 Å². The van der Waals surface area contributed by atoms with Gasteiger partial charge in [0.15, 0.2) is 0 Å². The molecule has 0 bridgehead atoms. The van der Waals surface area contributed by atoms with E-state index in [1.165, 1.54) is 12.1 Å². The topological polar surface area (TPSA) is 21.6 Å². The third-order valence-electron chi connectivity index (χ3n) is 1.84. The molecule has 0 spiro atoms. The Balaban J connectivity index is 2.30. The van der Waals surface area contributed by atoms with Gasteiger partial charge in [-0.1, -0.05) is 17.7 Å². The Labute approximate surface area is 80.0 Å². The van der Waals surface area contributed by atoms with Gasteiger partial charge in [-0.3, -0.25) is 0 Å². The van der Waals surface area contributed by atoms with Crippen LogP contribution in [0.2, 0.25) is 5.02 Å². The first-order valence-electron chi connectivity index (χ1n) is 3.79. The van der Waals surface area contributed by atoms with Crippen LogP contribution in [0.25, 0.3) is 0 Å². The lowest BCUT2D eigenvalue weighted by molar-refractivity contribution is 0.330. The van der Waals surface area contributed by atoms with Gasteiger partial charge in [-0.15, -0.1) is 0 Å². The Morgan fingerprint density at radius 3 is 3.08 bits per heavy atom. The number of nitrogens with zero attached hydrogens (tertiary/aromatic N) is 1. The molecule has 4 heteroatoms. The Morgan fingerprint density at radius 2 is 2.46 bits per heavy atom. The molecule has 2 rings (SSSR count). The Morgan fingerprint density at radius 1 is 1.62 bits per heavy atom. The minimum absolute atomic E-state index is 0.121. The first-order chi connectivity index (χ1) is 6.27. The predicted octanol–water partition coefficient (Wildman–Crippen LogP) is 2.46. The molecule has 1 atom stereocenters. The molecule has 0 saturated heterocycles. The van der Waals surface area contributed by atoms with Gasteiger partial charge in [0.2, 0.25) is 0 Å². The summed E-state index contributed by atoms with van der Waals surface area (Å²) < 4.78 is 17.8. The van der Waals surface area contributed by atoms with E-state index in [1.807, 2.05) is 0 Å². The molecule has 2 nitrogen and oxygen atoms in total. The van der Waals surface area contributed by atoms with Crippen LogP contribution in [0, 0.1) is 5.82 Å². The van der Waals surface area contributed by atoms with Crippen LogP contribution in [0.5, 0.6) is 0 Å². The van der Waals surface area contributed by atoms with Crippen LogP contribution < -0.4 is 0 Å². The van der Waals surface area contributed by atoms with Gasteiger partial charge in [-0.05, 0) is 17.7 Å². The molecule has 0 aliphatic carbocycles. The van der Waals surface area contributed by atoms with E-state index in [0.717, 1.165) is 5.56 Å². The van der Waals surface area contributed by atoms with E-state index in [2.05, 4.69) is 11.4 Å². The molecule has 0 amide bonds.